The fraction of sp³-hybridized carbons (Fsp3) is 1.00. The molecule has 0 aliphatic carbocycles. The van der Waals surface area contributed by atoms with Crippen molar-refractivity contribution >= 4 is 0 Å². The summed E-state index contributed by atoms with van der Waals surface area (Å²) in [6.07, 6.45) is 6.96. The molecule has 0 aliphatic rings. The van der Waals surface area contributed by atoms with E-state index in [1.165, 1.54) is 32.1 Å². The van der Waals surface area contributed by atoms with Gasteiger partial charge in [-0.3, -0.25) is 0 Å². The average molecular weight is 144 g/mol. The van der Waals surface area contributed by atoms with E-state index >= 15 is 0 Å². The fourth-order valence-corrected chi connectivity index (χ4v) is 1.06. The minimum Gasteiger partial charge on any atom is -0.357 e. The molecule has 0 spiro atoms. The van der Waals surface area contributed by atoms with Crippen LogP contribution in [0.5, 0.6) is 0 Å². The van der Waals surface area contributed by atoms with Crippen molar-refractivity contribution in [1.29, 1.82) is 0 Å². The molecule has 0 rings (SSSR count). The molecule has 0 fully saturated rings. The van der Waals surface area contributed by atoms with Crippen molar-refractivity contribution in [3.05, 3.63) is 0 Å². The van der Waals surface area contributed by atoms with Crippen molar-refractivity contribution in [3.63, 3.8) is 0 Å². The topological polar surface area (TPSA) is 27.6 Å². The van der Waals surface area contributed by atoms with Gasteiger partial charge in [-0.2, -0.15) is 0 Å². The van der Waals surface area contributed by atoms with E-state index in [9.17, 15) is 0 Å². The molecule has 1 unspecified atom stereocenters. The Labute approximate surface area is 65.0 Å². The first kappa shape index (κ1) is 9.96. The molecule has 0 aromatic carbocycles. The van der Waals surface area contributed by atoms with Gasteiger partial charge in [0.2, 0.25) is 0 Å². The second-order valence-corrected chi connectivity index (χ2v) is 3.24. The number of hydrogen-bond donors (Lipinski definition) is 1. The molecule has 0 aromatic heterocycles. The van der Waals surface area contributed by atoms with Crippen LogP contribution in [0.3, 0.4) is 0 Å². The van der Waals surface area contributed by atoms with Crippen LogP contribution in [0.1, 0.15) is 46.0 Å². The van der Waals surface area contributed by atoms with Crippen molar-refractivity contribution in [2.75, 3.05) is 6.54 Å². The standard InChI is InChI=1S/C9H21N/c1-3-4-5-6-7-9(2)8-10/h9H,3-8,10H2,1-2H3/p+1. The Morgan fingerprint density at radius 2 is 1.90 bits per heavy atom. The normalized spacial score (nSPS) is 13.5. The van der Waals surface area contributed by atoms with Gasteiger partial charge in [0, 0.05) is 5.92 Å². The predicted octanol–water partition coefficient (Wildman–Crippen LogP) is 1.83. The lowest BCUT2D eigenvalue weighted by Gasteiger charge is -2.04. The minimum atomic E-state index is 0.844. The average Bonchev–Trinajstić information content (AvgIpc) is 1.98. The summed E-state index contributed by atoms with van der Waals surface area (Å²) < 4.78 is 0. The SMILES string of the molecule is CCCCCCC(C)C[NH3+]. The van der Waals surface area contributed by atoms with E-state index in [0.29, 0.717) is 0 Å². The first-order valence-corrected chi connectivity index (χ1v) is 4.60. The summed E-state index contributed by atoms with van der Waals surface area (Å²) in [6.45, 7) is 5.65. The molecule has 0 saturated carbocycles. The van der Waals surface area contributed by atoms with Crippen LogP contribution in [0.4, 0.5) is 0 Å². The molecule has 3 N–H and O–H groups in total. The molecule has 0 amide bonds. The van der Waals surface area contributed by atoms with E-state index in [0.717, 1.165) is 12.5 Å². The minimum absolute atomic E-state index is 0.844. The van der Waals surface area contributed by atoms with Gasteiger partial charge in [0.05, 0.1) is 6.54 Å². The first-order chi connectivity index (χ1) is 4.81. The van der Waals surface area contributed by atoms with Crippen molar-refractivity contribution in [3.8, 4) is 0 Å². The van der Waals surface area contributed by atoms with E-state index in [4.69, 9.17) is 0 Å². The predicted molar refractivity (Wildman–Crippen MR) is 45.7 cm³/mol. The zero-order valence-electron chi connectivity index (χ0n) is 7.53. The monoisotopic (exact) mass is 144 g/mol. The smallest absolute Gasteiger partial charge is 0.0765 e. The Kier molecular flexibility index (Phi) is 7.04. The molecular weight excluding hydrogens is 122 g/mol. The molecule has 1 heteroatoms. The zero-order chi connectivity index (χ0) is 7.82. The number of unbranched alkanes of at least 4 members (excludes halogenated alkanes) is 3. The summed E-state index contributed by atoms with van der Waals surface area (Å²) in [4.78, 5) is 0. The molecule has 1 nitrogen and oxygen atoms in total. The lowest BCUT2D eigenvalue weighted by Crippen LogP contribution is -2.53. The Hall–Kier alpha value is -0.0400. The van der Waals surface area contributed by atoms with Gasteiger partial charge in [0.1, 0.15) is 0 Å². The Balaban J connectivity index is 2.89. The third kappa shape index (κ3) is 6.09. The highest BCUT2D eigenvalue weighted by Crippen LogP contribution is 2.08. The maximum atomic E-state index is 3.88. The number of rotatable bonds is 6. The van der Waals surface area contributed by atoms with Crippen LogP contribution in [0.2, 0.25) is 0 Å². The molecule has 10 heavy (non-hydrogen) atoms. The third-order valence-electron chi connectivity index (χ3n) is 2.04. The van der Waals surface area contributed by atoms with Crippen LogP contribution in [-0.2, 0) is 0 Å². The van der Waals surface area contributed by atoms with Gasteiger partial charge in [-0.25, -0.2) is 0 Å². The van der Waals surface area contributed by atoms with E-state index in [2.05, 4.69) is 19.6 Å². The van der Waals surface area contributed by atoms with Crippen molar-refractivity contribution in [2.24, 2.45) is 5.92 Å². The van der Waals surface area contributed by atoms with E-state index in [1.807, 2.05) is 0 Å². The highest BCUT2D eigenvalue weighted by atomic mass is 14.5. The molecule has 0 radical (unpaired) electrons. The maximum Gasteiger partial charge on any atom is 0.0765 e. The highest BCUT2D eigenvalue weighted by molar-refractivity contribution is 4.49. The molecule has 0 bridgehead atoms. The highest BCUT2D eigenvalue weighted by Gasteiger charge is 1.99. The van der Waals surface area contributed by atoms with Crippen LogP contribution >= 0.6 is 0 Å². The van der Waals surface area contributed by atoms with Gasteiger partial charge in [-0.05, 0) is 6.42 Å². The van der Waals surface area contributed by atoms with Crippen LogP contribution in [0.15, 0.2) is 0 Å². The van der Waals surface area contributed by atoms with Gasteiger partial charge in [0.25, 0.3) is 0 Å². The number of hydrogen-bond acceptors (Lipinski definition) is 0. The van der Waals surface area contributed by atoms with Crippen LogP contribution in [0.25, 0.3) is 0 Å². The van der Waals surface area contributed by atoms with Gasteiger partial charge in [-0.1, -0.05) is 39.5 Å². The summed E-state index contributed by atoms with van der Waals surface area (Å²) >= 11 is 0. The summed E-state index contributed by atoms with van der Waals surface area (Å²) in [5.41, 5.74) is 3.88. The molecule has 0 aromatic rings. The van der Waals surface area contributed by atoms with Crippen LogP contribution in [0, 0.1) is 5.92 Å². The van der Waals surface area contributed by atoms with Gasteiger partial charge < -0.3 is 5.73 Å². The maximum absolute atomic E-state index is 3.88. The molecule has 0 aliphatic heterocycles. The third-order valence-corrected chi connectivity index (χ3v) is 2.04. The summed E-state index contributed by atoms with van der Waals surface area (Å²) in [6, 6.07) is 0. The molecular formula is C9H22N+. The Bertz CT molecular complexity index is 61.7. The van der Waals surface area contributed by atoms with E-state index < -0.39 is 0 Å². The quantitative estimate of drug-likeness (QED) is 0.551. The fourth-order valence-electron chi connectivity index (χ4n) is 1.06. The van der Waals surface area contributed by atoms with Crippen molar-refractivity contribution < 1.29 is 5.73 Å². The molecule has 0 heterocycles. The van der Waals surface area contributed by atoms with Gasteiger partial charge >= 0.3 is 0 Å². The largest absolute Gasteiger partial charge is 0.357 e. The lowest BCUT2D eigenvalue weighted by atomic mass is 10.0. The van der Waals surface area contributed by atoms with E-state index in [-0.39, 0.29) is 0 Å². The number of quaternary nitrogens is 1. The molecule has 0 saturated heterocycles. The summed E-state index contributed by atoms with van der Waals surface area (Å²) in [5, 5.41) is 0. The van der Waals surface area contributed by atoms with Crippen molar-refractivity contribution in [1.82, 2.24) is 0 Å². The molecule has 1 atom stereocenters. The van der Waals surface area contributed by atoms with Crippen LogP contribution in [-0.4, -0.2) is 6.54 Å². The van der Waals surface area contributed by atoms with Gasteiger partial charge in [-0.15, -0.1) is 0 Å². The summed E-state index contributed by atoms with van der Waals surface area (Å²) in [5.74, 6) is 0.844. The summed E-state index contributed by atoms with van der Waals surface area (Å²) in [7, 11) is 0. The second kappa shape index (κ2) is 7.07. The Morgan fingerprint density at radius 3 is 2.40 bits per heavy atom. The Morgan fingerprint density at radius 1 is 1.20 bits per heavy atom. The van der Waals surface area contributed by atoms with Gasteiger partial charge in [0.15, 0.2) is 0 Å². The second-order valence-electron chi connectivity index (χ2n) is 3.24. The zero-order valence-corrected chi connectivity index (χ0v) is 7.53. The van der Waals surface area contributed by atoms with Crippen molar-refractivity contribution in [2.45, 2.75) is 46.0 Å². The lowest BCUT2D eigenvalue weighted by molar-refractivity contribution is -0.378. The van der Waals surface area contributed by atoms with E-state index in [1.54, 1.807) is 0 Å². The van der Waals surface area contributed by atoms with Crippen LogP contribution < -0.4 is 5.73 Å². The first-order valence-electron chi connectivity index (χ1n) is 4.60. The molecule has 62 valence electrons.